The zero-order valence-corrected chi connectivity index (χ0v) is 18.6. The van der Waals surface area contributed by atoms with Crippen molar-refractivity contribution in [2.75, 3.05) is 0 Å². The number of rotatable bonds is 3. The number of carbonyl (C=O) groups excluding carboxylic acids is 2. The second-order valence-corrected chi connectivity index (χ2v) is 8.55. The van der Waals surface area contributed by atoms with Crippen LogP contribution in [0.3, 0.4) is 0 Å². The molecule has 1 aliphatic rings. The lowest BCUT2D eigenvalue weighted by atomic mass is 10.00. The van der Waals surface area contributed by atoms with E-state index >= 15 is 0 Å². The third-order valence-corrected chi connectivity index (χ3v) is 5.87. The number of aryl methyl sites for hydroxylation is 2. The number of hydrogen-bond donors (Lipinski definition) is 1. The molecule has 3 heterocycles. The van der Waals surface area contributed by atoms with E-state index in [9.17, 15) is 9.59 Å². The SMILES string of the molecule is CC(C)=O.Cc1sc2c(c1C)C(c1ccccc1)=N[C@@H](CC(N)=O)c1nnc(C)n1-2. The van der Waals surface area contributed by atoms with E-state index in [-0.39, 0.29) is 12.2 Å². The lowest BCUT2D eigenvalue weighted by Crippen LogP contribution is -2.17. The third kappa shape index (κ3) is 4.23. The molecule has 0 radical (unpaired) electrons. The Labute approximate surface area is 179 Å². The minimum Gasteiger partial charge on any atom is -0.370 e. The fourth-order valence-corrected chi connectivity index (χ4v) is 4.53. The van der Waals surface area contributed by atoms with Crippen LogP contribution in [-0.2, 0) is 9.59 Å². The van der Waals surface area contributed by atoms with Gasteiger partial charge < -0.3 is 10.5 Å². The van der Waals surface area contributed by atoms with Crippen LogP contribution >= 0.6 is 11.3 Å². The number of carbonyl (C=O) groups is 2. The lowest BCUT2D eigenvalue weighted by molar-refractivity contribution is -0.118. The average molecular weight is 424 g/mol. The molecule has 1 aliphatic heterocycles. The van der Waals surface area contributed by atoms with Crippen LogP contribution in [0.5, 0.6) is 0 Å². The second-order valence-electron chi connectivity index (χ2n) is 7.34. The predicted octanol–water partition coefficient (Wildman–Crippen LogP) is 3.62. The molecular weight excluding hydrogens is 398 g/mol. The molecule has 0 bridgehead atoms. The van der Waals surface area contributed by atoms with Gasteiger partial charge in [-0.3, -0.25) is 14.4 Å². The summed E-state index contributed by atoms with van der Waals surface area (Å²) < 4.78 is 2.02. The number of thiophene rings is 1. The number of amides is 1. The first kappa shape index (κ1) is 21.6. The summed E-state index contributed by atoms with van der Waals surface area (Å²) in [5, 5.41) is 9.60. The molecule has 156 valence electrons. The van der Waals surface area contributed by atoms with Crippen molar-refractivity contribution in [3.8, 4) is 5.00 Å². The van der Waals surface area contributed by atoms with Crippen LogP contribution in [0.25, 0.3) is 5.00 Å². The number of ketones is 1. The van der Waals surface area contributed by atoms with Gasteiger partial charge in [0.25, 0.3) is 0 Å². The molecule has 0 unspecified atom stereocenters. The molecule has 2 aromatic heterocycles. The lowest BCUT2D eigenvalue weighted by Gasteiger charge is -2.10. The highest BCUT2D eigenvalue weighted by molar-refractivity contribution is 7.15. The monoisotopic (exact) mass is 423 g/mol. The fourth-order valence-electron chi connectivity index (χ4n) is 3.31. The minimum atomic E-state index is -0.455. The largest absolute Gasteiger partial charge is 0.370 e. The van der Waals surface area contributed by atoms with Crippen LogP contribution in [0.4, 0.5) is 0 Å². The first-order chi connectivity index (χ1) is 14.2. The summed E-state index contributed by atoms with van der Waals surface area (Å²) in [5.74, 6) is 1.20. The van der Waals surface area contributed by atoms with Crippen LogP contribution < -0.4 is 5.73 Å². The number of hydrogen-bond acceptors (Lipinski definition) is 6. The van der Waals surface area contributed by atoms with Gasteiger partial charge in [-0.25, -0.2) is 0 Å². The number of Topliss-reactive ketones (excluding diaryl/α,β-unsaturated/α-hetero) is 1. The summed E-state index contributed by atoms with van der Waals surface area (Å²) in [6.07, 6.45) is 0.0986. The molecule has 0 fully saturated rings. The Balaban J connectivity index is 0.000000589. The number of fused-ring (bicyclic) bond motifs is 3. The van der Waals surface area contributed by atoms with Crippen molar-refractivity contribution < 1.29 is 9.59 Å². The van der Waals surface area contributed by atoms with Crippen LogP contribution in [0.1, 0.15) is 59.5 Å². The molecule has 1 aromatic carbocycles. The van der Waals surface area contributed by atoms with Gasteiger partial charge in [0.05, 0.1) is 12.1 Å². The average Bonchev–Trinajstić information content (AvgIpc) is 3.14. The van der Waals surface area contributed by atoms with Crippen LogP contribution in [-0.4, -0.2) is 32.2 Å². The molecular formula is C22H25N5O2S. The van der Waals surface area contributed by atoms with Crippen LogP contribution in [0.2, 0.25) is 0 Å². The Morgan fingerprint density at radius 1 is 1.10 bits per heavy atom. The van der Waals surface area contributed by atoms with Crippen molar-refractivity contribution in [1.82, 2.24) is 14.8 Å². The van der Waals surface area contributed by atoms with Crippen molar-refractivity contribution in [3.05, 3.63) is 63.5 Å². The molecule has 0 saturated carbocycles. The van der Waals surface area contributed by atoms with Gasteiger partial charge >= 0.3 is 0 Å². The maximum atomic E-state index is 11.7. The summed E-state index contributed by atoms with van der Waals surface area (Å²) >= 11 is 1.70. The highest BCUT2D eigenvalue weighted by atomic mass is 32.1. The van der Waals surface area contributed by atoms with Crippen molar-refractivity contribution in [2.24, 2.45) is 10.7 Å². The van der Waals surface area contributed by atoms with Crippen molar-refractivity contribution >= 4 is 28.7 Å². The summed E-state index contributed by atoms with van der Waals surface area (Å²) in [6, 6.07) is 9.58. The van der Waals surface area contributed by atoms with E-state index in [0.29, 0.717) is 5.82 Å². The van der Waals surface area contributed by atoms with E-state index in [1.807, 2.05) is 41.8 Å². The first-order valence-corrected chi connectivity index (χ1v) is 10.4. The minimum absolute atomic E-state index is 0.0986. The van der Waals surface area contributed by atoms with Gasteiger partial charge in [-0.05, 0) is 40.2 Å². The maximum Gasteiger partial charge on any atom is 0.220 e. The number of primary amides is 1. The standard InChI is InChI=1S/C19H19N5OS.C3H6O/c1-10-11(2)26-19-16(10)17(13-7-5-4-6-8-13)21-14(9-15(20)25)18-23-22-12(3)24(18)19;1-3(2)4/h4-8,14H,9H2,1-3H3,(H2,20,25);1-2H3/t14-;/m0./s1. The first-order valence-electron chi connectivity index (χ1n) is 9.62. The molecule has 1 atom stereocenters. The molecule has 30 heavy (non-hydrogen) atoms. The van der Waals surface area contributed by atoms with Gasteiger partial charge in [-0.1, -0.05) is 30.3 Å². The van der Waals surface area contributed by atoms with Gasteiger partial charge in [0, 0.05) is 16.0 Å². The highest BCUT2D eigenvalue weighted by Gasteiger charge is 2.31. The Morgan fingerprint density at radius 2 is 1.73 bits per heavy atom. The van der Waals surface area contributed by atoms with E-state index in [0.717, 1.165) is 27.7 Å². The van der Waals surface area contributed by atoms with E-state index in [1.165, 1.54) is 24.3 Å². The maximum absolute atomic E-state index is 11.7. The van der Waals surface area contributed by atoms with E-state index in [4.69, 9.17) is 10.7 Å². The molecule has 0 saturated heterocycles. The van der Waals surface area contributed by atoms with Gasteiger partial charge in [-0.2, -0.15) is 0 Å². The molecule has 7 nitrogen and oxygen atoms in total. The van der Waals surface area contributed by atoms with Crippen molar-refractivity contribution in [1.29, 1.82) is 0 Å². The topological polar surface area (TPSA) is 103 Å². The third-order valence-electron chi connectivity index (χ3n) is 4.68. The number of nitrogens with two attached hydrogens (primary N) is 1. The van der Waals surface area contributed by atoms with Crippen molar-refractivity contribution in [3.63, 3.8) is 0 Å². The van der Waals surface area contributed by atoms with Crippen LogP contribution in [0.15, 0.2) is 35.3 Å². The van der Waals surface area contributed by atoms with Gasteiger partial charge in [0.2, 0.25) is 5.91 Å². The fraction of sp³-hybridized carbons (Fsp3) is 0.318. The number of benzene rings is 1. The molecule has 3 aromatic rings. The van der Waals surface area contributed by atoms with Crippen molar-refractivity contribution in [2.45, 2.75) is 47.1 Å². The second kappa shape index (κ2) is 8.71. The molecule has 4 rings (SSSR count). The molecule has 8 heteroatoms. The quantitative estimate of drug-likeness (QED) is 0.695. The van der Waals surface area contributed by atoms with Gasteiger partial charge in [-0.15, -0.1) is 21.5 Å². The summed E-state index contributed by atoms with van der Waals surface area (Å²) in [5.41, 5.74) is 9.65. The zero-order valence-electron chi connectivity index (χ0n) is 17.8. The van der Waals surface area contributed by atoms with Gasteiger partial charge in [0.15, 0.2) is 5.82 Å². The number of nitrogens with zero attached hydrogens (tertiary/aromatic N) is 4. The Kier molecular flexibility index (Phi) is 6.26. The predicted molar refractivity (Wildman–Crippen MR) is 118 cm³/mol. The summed E-state index contributed by atoms with van der Waals surface area (Å²) in [4.78, 5) is 27.3. The number of aliphatic imine (C=N–C) groups is 1. The number of aromatic nitrogens is 3. The summed E-state index contributed by atoms with van der Waals surface area (Å²) in [6.45, 7) is 9.19. The molecule has 2 N–H and O–H groups in total. The van der Waals surface area contributed by atoms with Crippen LogP contribution in [0, 0.1) is 20.8 Å². The normalized spacial score (nSPS) is 14.6. The molecule has 0 spiro atoms. The van der Waals surface area contributed by atoms with E-state index in [2.05, 4.69) is 24.0 Å². The highest BCUT2D eigenvalue weighted by Crippen LogP contribution is 2.39. The van der Waals surface area contributed by atoms with E-state index < -0.39 is 11.9 Å². The molecule has 0 aliphatic carbocycles. The van der Waals surface area contributed by atoms with E-state index in [1.54, 1.807) is 11.3 Å². The Hall–Kier alpha value is -3.13. The van der Waals surface area contributed by atoms with Gasteiger partial charge in [0.1, 0.15) is 22.7 Å². The molecule has 1 amide bonds. The Morgan fingerprint density at radius 3 is 2.33 bits per heavy atom. The summed E-state index contributed by atoms with van der Waals surface area (Å²) in [7, 11) is 0. The zero-order chi connectivity index (χ0) is 22.0. The smallest absolute Gasteiger partial charge is 0.220 e. The Bertz CT molecular complexity index is 1120.